The standard InChI is InChI=1S/C13H15N3O4S2/c1-8-14-11(7-21-8)13(18)15-10-6-9(4-5-12(10)17)22(19,20)16(2)3/h4-7,17H,1-3H3,(H,15,18). The van der Waals surface area contributed by atoms with Gasteiger partial charge in [0.15, 0.2) is 0 Å². The summed E-state index contributed by atoms with van der Waals surface area (Å²) < 4.78 is 25.2. The van der Waals surface area contributed by atoms with Gasteiger partial charge in [0.05, 0.1) is 15.6 Å². The van der Waals surface area contributed by atoms with E-state index >= 15 is 0 Å². The number of rotatable bonds is 4. The minimum absolute atomic E-state index is 0.0126. The quantitative estimate of drug-likeness (QED) is 0.824. The molecule has 0 bridgehead atoms. The van der Waals surface area contributed by atoms with Gasteiger partial charge in [-0.1, -0.05) is 0 Å². The lowest BCUT2D eigenvalue weighted by atomic mass is 10.3. The number of nitrogens with one attached hydrogen (secondary N) is 1. The first-order valence-corrected chi connectivity index (χ1v) is 8.53. The zero-order valence-electron chi connectivity index (χ0n) is 12.2. The average Bonchev–Trinajstić information content (AvgIpc) is 2.87. The van der Waals surface area contributed by atoms with Crippen molar-refractivity contribution in [1.82, 2.24) is 9.29 Å². The van der Waals surface area contributed by atoms with E-state index in [4.69, 9.17) is 0 Å². The maximum Gasteiger partial charge on any atom is 0.275 e. The molecule has 1 aromatic carbocycles. The molecule has 0 saturated heterocycles. The van der Waals surface area contributed by atoms with E-state index < -0.39 is 15.9 Å². The molecule has 118 valence electrons. The van der Waals surface area contributed by atoms with Gasteiger partial charge in [-0.15, -0.1) is 11.3 Å². The lowest BCUT2D eigenvalue weighted by Gasteiger charge is -2.13. The van der Waals surface area contributed by atoms with Gasteiger partial charge in [0.25, 0.3) is 5.91 Å². The molecule has 1 amide bonds. The fraction of sp³-hybridized carbons (Fsp3) is 0.231. The summed E-state index contributed by atoms with van der Waals surface area (Å²) in [6.45, 7) is 1.77. The Kier molecular flexibility index (Phi) is 4.50. The van der Waals surface area contributed by atoms with Crippen molar-refractivity contribution in [3.8, 4) is 5.75 Å². The largest absolute Gasteiger partial charge is 0.506 e. The van der Waals surface area contributed by atoms with Crippen molar-refractivity contribution in [2.45, 2.75) is 11.8 Å². The molecule has 0 unspecified atom stereocenters. The summed E-state index contributed by atoms with van der Waals surface area (Å²) in [5, 5.41) is 14.6. The van der Waals surface area contributed by atoms with Gasteiger partial charge in [0.2, 0.25) is 10.0 Å². The molecule has 0 radical (unpaired) electrons. The monoisotopic (exact) mass is 341 g/mol. The molecule has 22 heavy (non-hydrogen) atoms. The summed E-state index contributed by atoms with van der Waals surface area (Å²) in [5.41, 5.74) is 0.223. The topological polar surface area (TPSA) is 99.6 Å². The van der Waals surface area contributed by atoms with Crippen molar-refractivity contribution in [1.29, 1.82) is 0 Å². The number of phenols is 1. The van der Waals surface area contributed by atoms with Crippen molar-refractivity contribution < 1.29 is 18.3 Å². The van der Waals surface area contributed by atoms with E-state index in [2.05, 4.69) is 10.3 Å². The first-order chi connectivity index (χ1) is 10.2. The molecule has 7 nitrogen and oxygen atoms in total. The van der Waals surface area contributed by atoms with Gasteiger partial charge < -0.3 is 10.4 Å². The van der Waals surface area contributed by atoms with E-state index in [0.29, 0.717) is 0 Å². The Labute approximate surface area is 132 Å². The second kappa shape index (κ2) is 6.03. The van der Waals surface area contributed by atoms with E-state index in [1.165, 1.54) is 43.6 Å². The number of amides is 1. The highest BCUT2D eigenvalue weighted by atomic mass is 32.2. The fourth-order valence-corrected chi connectivity index (χ4v) is 3.16. The van der Waals surface area contributed by atoms with E-state index in [1.54, 1.807) is 12.3 Å². The number of sulfonamides is 1. The maximum atomic E-state index is 12.1. The molecule has 0 fully saturated rings. The lowest BCUT2D eigenvalue weighted by molar-refractivity contribution is 0.102. The molecule has 0 aliphatic heterocycles. The molecule has 0 aliphatic carbocycles. The van der Waals surface area contributed by atoms with Crippen molar-refractivity contribution >= 4 is 33.0 Å². The predicted octanol–water partition coefficient (Wildman–Crippen LogP) is 1.66. The Hall–Kier alpha value is -1.97. The molecule has 2 rings (SSSR count). The summed E-state index contributed by atoms with van der Waals surface area (Å²) in [4.78, 5) is 16.0. The van der Waals surface area contributed by atoms with Gasteiger partial charge in [-0.3, -0.25) is 4.79 Å². The highest BCUT2D eigenvalue weighted by Crippen LogP contribution is 2.28. The first kappa shape index (κ1) is 16.4. The smallest absolute Gasteiger partial charge is 0.275 e. The Morgan fingerprint density at radius 1 is 1.36 bits per heavy atom. The van der Waals surface area contributed by atoms with Gasteiger partial charge in [0, 0.05) is 19.5 Å². The highest BCUT2D eigenvalue weighted by Gasteiger charge is 2.20. The number of aromatic nitrogens is 1. The third-order valence-corrected chi connectivity index (χ3v) is 5.43. The Morgan fingerprint density at radius 2 is 2.05 bits per heavy atom. The maximum absolute atomic E-state index is 12.1. The number of nitrogens with zero attached hydrogens (tertiary/aromatic N) is 2. The van der Waals surface area contributed by atoms with Gasteiger partial charge >= 0.3 is 0 Å². The SMILES string of the molecule is Cc1nc(C(=O)Nc2cc(S(=O)(=O)N(C)C)ccc2O)cs1. The Bertz CT molecular complexity index is 812. The fourth-order valence-electron chi connectivity index (χ4n) is 1.64. The van der Waals surface area contributed by atoms with Gasteiger partial charge in [-0.25, -0.2) is 17.7 Å². The molecule has 0 spiro atoms. The van der Waals surface area contributed by atoms with Crippen LogP contribution in [0.1, 0.15) is 15.5 Å². The van der Waals surface area contributed by atoms with Crippen LogP contribution in [0.4, 0.5) is 5.69 Å². The van der Waals surface area contributed by atoms with Crippen LogP contribution in [0.2, 0.25) is 0 Å². The van der Waals surface area contributed by atoms with Gasteiger partial charge in [-0.05, 0) is 25.1 Å². The van der Waals surface area contributed by atoms with Crippen molar-refractivity contribution in [2.75, 3.05) is 19.4 Å². The predicted molar refractivity (Wildman–Crippen MR) is 83.8 cm³/mol. The highest BCUT2D eigenvalue weighted by molar-refractivity contribution is 7.89. The Balaban J connectivity index is 2.34. The number of phenolic OH excluding ortho intramolecular Hbond substituents is 1. The zero-order chi connectivity index (χ0) is 16.5. The second-order valence-electron chi connectivity index (χ2n) is 4.67. The third kappa shape index (κ3) is 3.26. The van der Waals surface area contributed by atoms with E-state index in [1.807, 2.05) is 0 Å². The van der Waals surface area contributed by atoms with Crippen LogP contribution in [0.15, 0.2) is 28.5 Å². The van der Waals surface area contributed by atoms with Gasteiger partial charge in [-0.2, -0.15) is 0 Å². The summed E-state index contributed by atoms with van der Waals surface area (Å²) in [6.07, 6.45) is 0. The summed E-state index contributed by atoms with van der Waals surface area (Å²) in [7, 11) is -0.853. The first-order valence-electron chi connectivity index (χ1n) is 6.21. The molecule has 1 aromatic heterocycles. The number of carbonyl (C=O) groups is 1. The zero-order valence-corrected chi connectivity index (χ0v) is 13.8. The molecule has 0 aliphatic rings. The molecule has 2 N–H and O–H groups in total. The van der Waals surface area contributed by atoms with Crippen LogP contribution in [0.25, 0.3) is 0 Å². The molecule has 0 saturated carbocycles. The van der Waals surface area contributed by atoms with Crippen molar-refractivity contribution in [2.24, 2.45) is 0 Å². The molecular weight excluding hydrogens is 326 g/mol. The molecule has 9 heteroatoms. The van der Waals surface area contributed by atoms with E-state index in [0.717, 1.165) is 9.31 Å². The lowest BCUT2D eigenvalue weighted by Crippen LogP contribution is -2.22. The Morgan fingerprint density at radius 3 is 2.59 bits per heavy atom. The number of anilines is 1. The molecular formula is C13H15N3O4S2. The molecule has 2 aromatic rings. The number of aryl methyl sites for hydroxylation is 1. The van der Waals surface area contributed by atoms with Crippen LogP contribution < -0.4 is 5.32 Å². The third-order valence-electron chi connectivity index (χ3n) is 2.85. The molecule has 0 atom stereocenters. The van der Waals surface area contributed by atoms with Crippen LogP contribution in [-0.2, 0) is 10.0 Å². The van der Waals surface area contributed by atoms with Crippen LogP contribution in [0.3, 0.4) is 0 Å². The van der Waals surface area contributed by atoms with Crippen molar-refractivity contribution in [3.63, 3.8) is 0 Å². The summed E-state index contributed by atoms with van der Waals surface area (Å²) in [5.74, 6) is -0.739. The normalized spacial score (nSPS) is 11.6. The second-order valence-corrected chi connectivity index (χ2v) is 7.89. The van der Waals surface area contributed by atoms with E-state index in [-0.39, 0.29) is 22.0 Å². The van der Waals surface area contributed by atoms with Crippen LogP contribution >= 0.6 is 11.3 Å². The average molecular weight is 341 g/mol. The number of benzene rings is 1. The van der Waals surface area contributed by atoms with Crippen LogP contribution in [-0.4, -0.2) is 42.8 Å². The minimum atomic E-state index is -3.66. The van der Waals surface area contributed by atoms with Crippen LogP contribution in [0, 0.1) is 6.92 Å². The van der Waals surface area contributed by atoms with Crippen LogP contribution in [0.5, 0.6) is 5.75 Å². The van der Waals surface area contributed by atoms with Crippen molar-refractivity contribution in [3.05, 3.63) is 34.3 Å². The van der Waals surface area contributed by atoms with Gasteiger partial charge in [0.1, 0.15) is 11.4 Å². The summed E-state index contributed by atoms with van der Waals surface area (Å²) >= 11 is 1.32. The number of aromatic hydroxyl groups is 1. The molecule has 1 heterocycles. The number of hydrogen-bond acceptors (Lipinski definition) is 6. The number of thiazole rings is 1. The number of hydrogen-bond donors (Lipinski definition) is 2. The minimum Gasteiger partial charge on any atom is -0.506 e. The summed E-state index contributed by atoms with van der Waals surface area (Å²) in [6, 6.07) is 3.70. The number of carbonyl (C=O) groups excluding carboxylic acids is 1. The van der Waals surface area contributed by atoms with E-state index in [9.17, 15) is 18.3 Å².